The normalized spacial score (nSPS) is 48.9. The number of hydrogen-bond acceptors (Lipinski definition) is 7. The molecule has 7 heteroatoms. The Morgan fingerprint density at radius 3 is 2.32 bits per heavy atom. The van der Waals surface area contributed by atoms with Crippen molar-refractivity contribution in [3.63, 3.8) is 0 Å². The highest BCUT2D eigenvalue weighted by atomic mass is 16.3. The van der Waals surface area contributed by atoms with Gasteiger partial charge in [-0.05, 0) is 87.2 Å². The minimum absolute atomic E-state index is 0.0343. The number of allylic oxidation sites excluding steroid dienone is 1. The lowest BCUT2D eigenvalue weighted by Crippen LogP contribution is -2.65. The summed E-state index contributed by atoms with van der Waals surface area (Å²) in [6.45, 7) is 7.62. The van der Waals surface area contributed by atoms with Gasteiger partial charge in [-0.2, -0.15) is 0 Å². The quantitative estimate of drug-likeness (QED) is 0.340. The average Bonchev–Trinajstić information content (AvgIpc) is 3.03. The Morgan fingerprint density at radius 2 is 1.71 bits per heavy atom. The molecule has 4 aliphatic carbocycles. The molecule has 0 aliphatic heterocycles. The zero-order valence-corrected chi connectivity index (χ0v) is 21.1. The van der Waals surface area contributed by atoms with Crippen LogP contribution < -0.4 is 0 Å². The molecule has 0 saturated heterocycles. The molecule has 0 bridgehead atoms. The van der Waals surface area contributed by atoms with E-state index in [2.05, 4.69) is 0 Å². The summed E-state index contributed by atoms with van der Waals surface area (Å²) >= 11 is 0. The minimum Gasteiger partial charge on any atom is -0.396 e. The van der Waals surface area contributed by atoms with Gasteiger partial charge in [0.2, 0.25) is 0 Å². The zero-order valence-electron chi connectivity index (χ0n) is 21.1. The van der Waals surface area contributed by atoms with E-state index in [9.17, 15) is 35.4 Å². The van der Waals surface area contributed by atoms with E-state index in [1.54, 1.807) is 13.0 Å². The summed E-state index contributed by atoms with van der Waals surface area (Å²) in [5.74, 6) is -0.565. The lowest BCUT2D eigenvalue weighted by atomic mass is 9.43. The summed E-state index contributed by atoms with van der Waals surface area (Å²) in [5.41, 5.74) is -2.99. The van der Waals surface area contributed by atoms with Crippen molar-refractivity contribution < 1.29 is 35.4 Å². The van der Waals surface area contributed by atoms with Crippen LogP contribution in [0.4, 0.5) is 0 Å². The summed E-state index contributed by atoms with van der Waals surface area (Å²) in [5, 5.41) is 65.1. The SMILES string of the molecule is C[C@H](CO)CC[C@@H](O)[C@@]1([C@H](C)O)CC[C@@]2(O)C3=CC(=O)[C@@H]4C[C@@H](O)[C@@H](O)C[C@]4(C)[C@H]3CC[C@]12C. The number of aliphatic hydroxyl groups is 6. The number of aliphatic hydroxyl groups excluding tert-OH is 5. The lowest BCUT2D eigenvalue weighted by Gasteiger charge is -2.62. The van der Waals surface area contributed by atoms with Crippen LogP contribution in [0.5, 0.6) is 0 Å². The Morgan fingerprint density at radius 1 is 1.03 bits per heavy atom. The van der Waals surface area contributed by atoms with Crippen LogP contribution >= 0.6 is 0 Å². The topological polar surface area (TPSA) is 138 Å². The van der Waals surface area contributed by atoms with E-state index < -0.39 is 46.3 Å². The van der Waals surface area contributed by atoms with Gasteiger partial charge in [0.1, 0.15) is 0 Å². The van der Waals surface area contributed by atoms with Crippen LogP contribution in [0.15, 0.2) is 11.6 Å². The summed E-state index contributed by atoms with van der Waals surface area (Å²) < 4.78 is 0. The molecule has 3 saturated carbocycles. The molecule has 7 nitrogen and oxygen atoms in total. The number of hydrogen-bond donors (Lipinski definition) is 6. The molecule has 3 fully saturated rings. The van der Waals surface area contributed by atoms with Crippen molar-refractivity contribution >= 4 is 5.78 Å². The number of carbonyl (C=O) groups is 1. The molecule has 0 aromatic carbocycles. The van der Waals surface area contributed by atoms with Gasteiger partial charge in [-0.3, -0.25) is 4.79 Å². The molecule has 11 atom stereocenters. The zero-order chi connectivity index (χ0) is 25.3. The molecule has 4 aliphatic rings. The molecule has 34 heavy (non-hydrogen) atoms. The summed E-state index contributed by atoms with van der Waals surface area (Å²) in [6.07, 6.45) is 1.69. The molecule has 0 radical (unpaired) electrons. The Hall–Kier alpha value is -0.830. The van der Waals surface area contributed by atoms with Gasteiger partial charge in [-0.15, -0.1) is 0 Å². The van der Waals surface area contributed by atoms with Crippen molar-refractivity contribution in [1.29, 1.82) is 0 Å². The Balaban J connectivity index is 1.75. The maximum Gasteiger partial charge on any atom is 0.159 e. The summed E-state index contributed by atoms with van der Waals surface area (Å²) in [7, 11) is 0. The first-order valence-electron chi connectivity index (χ1n) is 13.1. The minimum atomic E-state index is -1.35. The van der Waals surface area contributed by atoms with Crippen LogP contribution in [0.3, 0.4) is 0 Å². The fourth-order valence-electron chi connectivity index (χ4n) is 8.76. The predicted molar refractivity (Wildman–Crippen MR) is 127 cm³/mol. The summed E-state index contributed by atoms with van der Waals surface area (Å²) in [4.78, 5) is 13.3. The van der Waals surface area contributed by atoms with Crippen LogP contribution in [0, 0.1) is 34.0 Å². The van der Waals surface area contributed by atoms with Crippen LogP contribution in [-0.2, 0) is 4.79 Å². The Kier molecular flexibility index (Phi) is 6.66. The van der Waals surface area contributed by atoms with Crippen LogP contribution in [-0.4, -0.2) is 73.0 Å². The number of fused-ring (bicyclic) bond motifs is 5. The second-order valence-electron chi connectivity index (χ2n) is 12.5. The third-order valence-corrected chi connectivity index (χ3v) is 11.0. The van der Waals surface area contributed by atoms with Crippen molar-refractivity contribution in [2.75, 3.05) is 6.61 Å². The van der Waals surface area contributed by atoms with Gasteiger partial charge in [0.25, 0.3) is 0 Å². The molecular formula is C27H44O7. The first kappa shape index (κ1) is 26.2. The van der Waals surface area contributed by atoms with E-state index in [-0.39, 0.29) is 36.6 Å². The van der Waals surface area contributed by atoms with Crippen LogP contribution in [0.1, 0.15) is 79.1 Å². The molecule has 0 amide bonds. The van der Waals surface area contributed by atoms with Crippen molar-refractivity contribution in [3.05, 3.63) is 11.6 Å². The summed E-state index contributed by atoms with van der Waals surface area (Å²) in [6, 6.07) is 0. The van der Waals surface area contributed by atoms with E-state index in [4.69, 9.17) is 0 Å². The van der Waals surface area contributed by atoms with E-state index in [0.717, 1.165) is 0 Å². The smallest absolute Gasteiger partial charge is 0.159 e. The first-order valence-corrected chi connectivity index (χ1v) is 13.1. The van der Waals surface area contributed by atoms with Gasteiger partial charge in [-0.25, -0.2) is 0 Å². The second-order valence-corrected chi connectivity index (χ2v) is 12.5. The maximum absolute atomic E-state index is 13.3. The van der Waals surface area contributed by atoms with E-state index in [1.807, 2.05) is 20.8 Å². The van der Waals surface area contributed by atoms with Gasteiger partial charge in [-0.1, -0.05) is 20.8 Å². The first-order chi connectivity index (χ1) is 15.8. The van der Waals surface area contributed by atoms with Gasteiger partial charge < -0.3 is 30.6 Å². The standard InChI is InChI=1S/C27H44O7/c1-15(14-28)5-6-23(33)26(16(2)29)9-10-27(34)18-11-20(30)19-12-21(31)22(32)13-24(19,3)17(18)7-8-25(26,27)4/h11,15-17,19,21-23,28-29,31-34H,5-10,12-14H2,1-4H3/t15-,16-,17-,19-,21+,22-,23+,24+,25+,26-,27+/m0/s1. The van der Waals surface area contributed by atoms with Crippen LogP contribution in [0.2, 0.25) is 0 Å². The van der Waals surface area contributed by atoms with Gasteiger partial charge >= 0.3 is 0 Å². The number of ketones is 1. The lowest BCUT2D eigenvalue weighted by molar-refractivity contribution is -0.194. The Bertz CT molecular complexity index is 841. The Labute approximate surface area is 202 Å². The van der Waals surface area contributed by atoms with Crippen molar-refractivity contribution in [2.24, 2.45) is 34.0 Å². The molecule has 0 aromatic rings. The third-order valence-electron chi connectivity index (χ3n) is 11.0. The molecular weight excluding hydrogens is 436 g/mol. The van der Waals surface area contributed by atoms with E-state index in [1.165, 1.54) is 0 Å². The molecule has 0 unspecified atom stereocenters. The van der Waals surface area contributed by atoms with Crippen molar-refractivity contribution in [1.82, 2.24) is 0 Å². The van der Waals surface area contributed by atoms with Crippen molar-refractivity contribution in [2.45, 2.75) is 109 Å². The fraction of sp³-hybridized carbons (Fsp3) is 0.889. The fourth-order valence-corrected chi connectivity index (χ4v) is 8.76. The molecule has 4 rings (SSSR count). The third kappa shape index (κ3) is 3.34. The number of rotatable bonds is 6. The maximum atomic E-state index is 13.3. The van der Waals surface area contributed by atoms with Crippen LogP contribution in [0.25, 0.3) is 0 Å². The molecule has 0 aromatic heterocycles. The highest BCUT2D eigenvalue weighted by molar-refractivity contribution is 5.95. The van der Waals surface area contributed by atoms with E-state index >= 15 is 0 Å². The largest absolute Gasteiger partial charge is 0.396 e. The second kappa shape index (κ2) is 8.63. The molecule has 6 N–H and O–H groups in total. The monoisotopic (exact) mass is 480 g/mol. The van der Waals surface area contributed by atoms with E-state index in [0.29, 0.717) is 50.5 Å². The molecule has 0 spiro atoms. The molecule has 0 heterocycles. The average molecular weight is 481 g/mol. The predicted octanol–water partition coefficient (Wildman–Crippen LogP) is 1.71. The number of carbonyl (C=O) groups excluding carboxylic acids is 1. The van der Waals surface area contributed by atoms with Gasteiger partial charge in [0.15, 0.2) is 5.78 Å². The van der Waals surface area contributed by atoms with Crippen molar-refractivity contribution in [3.8, 4) is 0 Å². The van der Waals surface area contributed by atoms with Gasteiger partial charge in [0.05, 0.1) is 30.0 Å². The highest BCUT2D eigenvalue weighted by Gasteiger charge is 2.73. The highest BCUT2D eigenvalue weighted by Crippen LogP contribution is 2.72. The molecule has 194 valence electrons. The van der Waals surface area contributed by atoms with Gasteiger partial charge in [0, 0.05) is 23.4 Å².